The van der Waals surface area contributed by atoms with E-state index in [0.717, 1.165) is 22.2 Å². The second-order valence-electron chi connectivity index (χ2n) is 4.13. The summed E-state index contributed by atoms with van der Waals surface area (Å²) >= 11 is 0. The van der Waals surface area contributed by atoms with Crippen LogP contribution in [0.25, 0.3) is 22.3 Å². The second kappa shape index (κ2) is 4.07. The molecule has 18 heavy (non-hydrogen) atoms. The number of para-hydroxylation sites is 1. The van der Waals surface area contributed by atoms with E-state index in [2.05, 4.69) is 15.0 Å². The van der Waals surface area contributed by atoms with Crippen molar-refractivity contribution in [3.63, 3.8) is 0 Å². The van der Waals surface area contributed by atoms with Crippen molar-refractivity contribution in [3.8, 4) is 11.4 Å². The van der Waals surface area contributed by atoms with Crippen molar-refractivity contribution in [1.29, 1.82) is 0 Å². The van der Waals surface area contributed by atoms with Crippen molar-refractivity contribution in [1.82, 2.24) is 15.0 Å². The molecular formula is C14H12N4. The maximum Gasteiger partial charge on any atom is 0.162 e. The number of nitrogen functional groups attached to an aromatic ring is 1. The molecule has 0 amide bonds. The molecule has 3 rings (SSSR count). The van der Waals surface area contributed by atoms with Crippen LogP contribution in [0, 0.1) is 6.92 Å². The van der Waals surface area contributed by atoms with Crippen molar-refractivity contribution >= 4 is 16.7 Å². The minimum Gasteiger partial charge on any atom is -0.384 e. The van der Waals surface area contributed by atoms with Gasteiger partial charge in [0, 0.05) is 22.8 Å². The van der Waals surface area contributed by atoms with Crippen LogP contribution in [0.3, 0.4) is 0 Å². The standard InChI is InChI=1S/C14H12N4/c1-9-8-11(14-16-7-6-13(15)18-14)10-4-2-3-5-12(10)17-9/h2-8H,1H3,(H2,15,16,18). The third kappa shape index (κ3) is 1.78. The van der Waals surface area contributed by atoms with Crippen molar-refractivity contribution < 1.29 is 0 Å². The molecule has 0 fully saturated rings. The number of nitrogens with zero attached hydrogens (tertiary/aromatic N) is 3. The zero-order chi connectivity index (χ0) is 12.5. The molecule has 0 bridgehead atoms. The lowest BCUT2D eigenvalue weighted by Crippen LogP contribution is -1.96. The highest BCUT2D eigenvalue weighted by molar-refractivity contribution is 5.92. The second-order valence-corrected chi connectivity index (χ2v) is 4.13. The Labute approximate surface area is 105 Å². The number of hydrogen-bond donors (Lipinski definition) is 1. The Bertz CT molecular complexity index is 722. The molecule has 88 valence electrons. The quantitative estimate of drug-likeness (QED) is 0.705. The van der Waals surface area contributed by atoms with Crippen LogP contribution >= 0.6 is 0 Å². The summed E-state index contributed by atoms with van der Waals surface area (Å²) in [6, 6.07) is 11.6. The zero-order valence-corrected chi connectivity index (χ0v) is 9.96. The van der Waals surface area contributed by atoms with Crippen LogP contribution in [-0.2, 0) is 0 Å². The van der Waals surface area contributed by atoms with Crippen LogP contribution in [0.2, 0.25) is 0 Å². The van der Waals surface area contributed by atoms with E-state index in [1.165, 1.54) is 0 Å². The summed E-state index contributed by atoms with van der Waals surface area (Å²) in [5, 5.41) is 1.04. The van der Waals surface area contributed by atoms with Crippen molar-refractivity contribution in [2.75, 3.05) is 5.73 Å². The van der Waals surface area contributed by atoms with Gasteiger partial charge in [-0.3, -0.25) is 4.98 Å². The smallest absolute Gasteiger partial charge is 0.162 e. The average molecular weight is 236 g/mol. The Hall–Kier alpha value is -2.49. The molecule has 0 radical (unpaired) electrons. The van der Waals surface area contributed by atoms with Crippen LogP contribution in [0.5, 0.6) is 0 Å². The lowest BCUT2D eigenvalue weighted by Gasteiger charge is -2.06. The first-order valence-corrected chi connectivity index (χ1v) is 5.69. The van der Waals surface area contributed by atoms with Crippen LogP contribution in [-0.4, -0.2) is 15.0 Å². The van der Waals surface area contributed by atoms with Gasteiger partial charge in [-0.05, 0) is 25.1 Å². The molecule has 0 aliphatic carbocycles. The largest absolute Gasteiger partial charge is 0.384 e. The van der Waals surface area contributed by atoms with Crippen molar-refractivity contribution in [2.24, 2.45) is 0 Å². The van der Waals surface area contributed by atoms with Gasteiger partial charge in [0.05, 0.1) is 5.52 Å². The van der Waals surface area contributed by atoms with E-state index in [9.17, 15) is 0 Å². The summed E-state index contributed by atoms with van der Waals surface area (Å²) < 4.78 is 0. The summed E-state index contributed by atoms with van der Waals surface area (Å²) in [5.41, 5.74) is 8.56. The van der Waals surface area contributed by atoms with Gasteiger partial charge in [-0.15, -0.1) is 0 Å². The monoisotopic (exact) mass is 236 g/mol. The Kier molecular flexibility index (Phi) is 2.41. The Morgan fingerprint density at radius 1 is 1.06 bits per heavy atom. The predicted molar refractivity (Wildman–Crippen MR) is 71.9 cm³/mol. The molecule has 2 N–H and O–H groups in total. The molecule has 3 aromatic rings. The fourth-order valence-corrected chi connectivity index (χ4v) is 2.00. The fraction of sp³-hybridized carbons (Fsp3) is 0.0714. The first-order chi connectivity index (χ1) is 8.74. The first kappa shape index (κ1) is 10.7. The molecule has 2 aromatic heterocycles. The van der Waals surface area contributed by atoms with Gasteiger partial charge in [-0.2, -0.15) is 0 Å². The zero-order valence-electron chi connectivity index (χ0n) is 9.96. The molecule has 1 aromatic carbocycles. The highest BCUT2D eigenvalue weighted by Crippen LogP contribution is 2.26. The van der Waals surface area contributed by atoms with E-state index in [1.54, 1.807) is 12.3 Å². The van der Waals surface area contributed by atoms with Gasteiger partial charge >= 0.3 is 0 Å². The molecule has 0 saturated heterocycles. The number of fused-ring (bicyclic) bond motifs is 1. The minimum atomic E-state index is 0.471. The maximum absolute atomic E-state index is 5.71. The number of nitrogens with two attached hydrogens (primary N) is 1. The highest BCUT2D eigenvalue weighted by Gasteiger charge is 2.08. The summed E-state index contributed by atoms with van der Waals surface area (Å²) in [6.45, 7) is 1.96. The van der Waals surface area contributed by atoms with Crippen molar-refractivity contribution in [2.45, 2.75) is 6.92 Å². The molecule has 0 aliphatic rings. The lowest BCUT2D eigenvalue weighted by atomic mass is 10.1. The highest BCUT2D eigenvalue weighted by atomic mass is 14.9. The summed E-state index contributed by atoms with van der Waals surface area (Å²) in [4.78, 5) is 13.1. The molecule has 0 atom stereocenters. The number of anilines is 1. The molecule has 0 unspecified atom stereocenters. The average Bonchev–Trinajstić information content (AvgIpc) is 2.37. The topological polar surface area (TPSA) is 64.7 Å². The molecule has 2 heterocycles. The number of pyridine rings is 1. The van der Waals surface area contributed by atoms with Crippen LogP contribution in [0.1, 0.15) is 5.69 Å². The van der Waals surface area contributed by atoms with Gasteiger partial charge in [-0.1, -0.05) is 18.2 Å². The minimum absolute atomic E-state index is 0.471. The maximum atomic E-state index is 5.71. The third-order valence-corrected chi connectivity index (χ3v) is 2.76. The van der Waals surface area contributed by atoms with E-state index in [0.29, 0.717) is 11.6 Å². The molecule has 0 saturated carbocycles. The normalized spacial score (nSPS) is 10.7. The van der Waals surface area contributed by atoms with Crippen LogP contribution < -0.4 is 5.73 Å². The number of benzene rings is 1. The molecule has 0 aliphatic heterocycles. The van der Waals surface area contributed by atoms with Gasteiger partial charge < -0.3 is 5.73 Å². The lowest BCUT2D eigenvalue weighted by molar-refractivity contribution is 1.17. The third-order valence-electron chi connectivity index (χ3n) is 2.76. The Balaban J connectivity index is 2.34. The number of hydrogen-bond acceptors (Lipinski definition) is 4. The van der Waals surface area contributed by atoms with Gasteiger partial charge in [0.25, 0.3) is 0 Å². The van der Waals surface area contributed by atoms with Gasteiger partial charge in [0.2, 0.25) is 0 Å². The summed E-state index contributed by atoms with van der Waals surface area (Å²) in [6.07, 6.45) is 1.67. The molecule has 4 nitrogen and oxygen atoms in total. The summed E-state index contributed by atoms with van der Waals surface area (Å²) in [7, 11) is 0. The van der Waals surface area contributed by atoms with E-state index in [1.807, 2.05) is 37.3 Å². The van der Waals surface area contributed by atoms with E-state index in [4.69, 9.17) is 5.73 Å². The van der Waals surface area contributed by atoms with E-state index in [-0.39, 0.29) is 0 Å². The number of rotatable bonds is 1. The Morgan fingerprint density at radius 2 is 1.89 bits per heavy atom. The molecular weight excluding hydrogens is 224 g/mol. The van der Waals surface area contributed by atoms with Gasteiger partial charge in [0.15, 0.2) is 5.82 Å². The number of aromatic nitrogens is 3. The van der Waals surface area contributed by atoms with Gasteiger partial charge in [0.1, 0.15) is 5.82 Å². The van der Waals surface area contributed by atoms with E-state index >= 15 is 0 Å². The van der Waals surface area contributed by atoms with Crippen LogP contribution in [0.4, 0.5) is 5.82 Å². The SMILES string of the molecule is Cc1cc(-c2nccc(N)n2)c2ccccc2n1. The Morgan fingerprint density at radius 3 is 2.72 bits per heavy atom. The molecule has 0 spiro atoms. The van der Waals surface area contributed by atoms with Crippen LogP contribution in [0.15, 0.2) is 42.6 Å². The molecule has 4 heteroatoms. The number of aryl methyl sites for hydroxylation is 1. The fourth-order valence-electron chi connectivity index (χ4n) is 2.00. The summed E-state index contributed by atoms with van der Waals surface area (Å²) in [5.74, 6) is 1.11. The van der Waals surface area contributed by atoms with E-state index < -0.39 is 0 Å². The predicted octanol–water partition coefficient (Wildman–Crippen LogP) is 2.58. The van der Waals surface area contributed by atoms with Crippen molar-refractivity contribution in [3.05, 3.63) is 48.3 Å². The van der Waals surface area contributed by atoms with Gasteiger partial charge in [-0.25, -0.2) is 9.97 Å². The first-order valence-electron chi connectivity index (χ1n) is 5.69.